The second-order valence-corrected chi connectivity index (χ2v) is 6.20. The van der Waals surface area contributed by atoms with Crippen LogP contribution in [0.5, 0.6) is 0 Å². The summed E-state index contributed by atoms with van der Waals surface area (Å²) in [6.45, 7) is 8.20. The molecule has 112 valence electrons. The number of rotatable bonds is 4. The van der Waals surface area contributed by atoms with Gasteiger partial charge < -0.3 is 9.64 Å². The van der Waals surface area contributed by atoms with E-state index in [2.05, 4.69) is 29.4 Å². The van der Waals surface area contributed by atoms with E-state index in [-0.39, 0.29) is 12.1 Å². The third-order valence-electron chi connectivity index (χ3n) is 3.22. The van der Waals surface area contributed by atoms with Crippen LogP contribution in [-0.4, -0.2) is 46.9 Å². The van der Waals surface area contributed by atoms with E-state index in [0.29, 0.717) is 24.2 Å². The van der Waals surface area contributed by atoms with E-state index in [0.717, 1.165) is 24.4 Å². The normalized spacial score (nSPS) is 19.4. The van der Waals surface area contributed by atoms with Crippen molar-refractivity contribution in [3.05, 3.63) is 5.01 Å². The molecule has 0 saturated carbocycles. The summed E-state index contributed by atoms with van der Waals surface area (Å²) in [6.07, 6.45) is 2.15. The van der Waals surface area contributed by atoms with Crippen LogP contribution in [0.4, 0.5) is 9.93 Å². The number of nitrogens with one attached hydrogen (secondary N) is 1. The molecular weight excluding hydrogens is 276 g/mol. The van der Waals surface area contributed by atoms with Gasteiger partial charge in [-0.25, -0.2) is 4.79 Å². The summed E-state index contributed by atoms with van der Waals surface area (Å²) in [6, 6.07) is -0.110. The fourth-order valence-electron chi connectivity index (χ4n) is 2.18. The van der Waals surface area contributed by atoms with E-state index in [4.69, 9.17) is 4.74 Å². The van der Waals surface area contributed by atoms with Crippen molar-refractivity contribution < 1.29 is 9.53 Å². The second-order valence-electron chi connectivity index (χ2n) is 5.20. The lowest BCUT2D eigenvalue weighted by Crippen LogP contribution is -2.45. The van der Waals surface area contributed by atoms with E-state index in [1.165, 1.54) is 11.3 Å². The van der Waals surface area contributed by atoms with Crippen LogP contribution in [0.25, 0.3) is 0 Å². The Bertz CT molecular complexity index is 447. The standard InChI is InChI=1S/C13H22N4O2S/c1-4-19-10-6-5-7-17(8-10)13(18)14-12-16-15-11(20-12)9(2)3/h9-10H,4-8H2,1-3H3,(H,14,16,18). The number of piperidine rings is 1. The van der Waals surface area contributed by atoms with E-state index < -0.39 is 0 Å². The number of hydrogen-bond acceptors (Lipinski definition) is 5. The van der Waals surface area contributed by atoms with Gasteiger partial charge in [-0.05, 0) is 19.8 Å². The summed E-state index contributed by atoms with van der Waals surface area (Å²) in [5.41, 5.74) is 0. The van der Waals surface area contributed by atoms with E-state index in [1.54, 1.807) is 4.90 Å². The summed E-state index contributed by atoms with van der Waals surface area (Å²) < 4.78 is 5.60. The summed E-state index contributed by atoms with van der Waals surface area (Å²) in [4.78, 5) is 14.0. The number of amides is 2. The van der Waals surface area contributed by atoms with Gasteiger partial charge in [0.25, 0.3) is 0 Å². The number of carbonyl (C=O) groups is 1. The zero-order valence-corrected chi connectivity index (χ0v) is 13.1. The minimum Gasteiger partial charge on any atom is -0.377 e. The van der Waals surface area contributed by atoms with Crippen molar-refractivity contribution in [1.82, 2.24) is 15.1 Å². The molecule has 1 atom stereocenters. The topological polar surface area (TPSA) is 67.3 Å². The largest absolute Gasteiger partial charge is 0.377 e. The monoisotopic (exact) mass is 298 g/mol. The van der Waals surface area contributed by atoms with E-state index >= 15 is 0 Å². The van der Waals surface area contributed by atoms with Gasteiger partial charge in [0.15, 0.2) is 0 Å². The van der Waals surface area contributed by atoms with Gasteiger partial charge in [0.2, 0.25) is 5.13 Å². The van der Waals surface area contributed by atoms with E-state index in [1.807, 2.05) is 6.92 Å². The summed E-state index contributed by atoms with van der Waals surface area (Å²) in [5.74, 6) is 0.329. The molecule has 0 spiro atoms. The molecule has 2 heterocycles. The van der Waals surface area contributed by atoms with Crippen LogP contribution in [0, 0.1) is 0 Å². The summed E-state index contributed by atoms with van der Waals surface area (Å²) in [7, 11) is 0. The maximum atomic E-state index is 12.2. The van der Waals surface area contributed by atoms with Crippen LogP contribution in [0.1, 0.15) is 44.5 Å². The van der Waals surface area contributed by atoms with Crippen LogP contribution in [0.2, 0.25) is 0 Å². The molecule has 20 heavy (non-hydrogen) atoms. The molecule has 0 radical (unpaired) electrons. The molecule has 1 aliphatic heterocycles. The van der Waals surface area contributed by atoms with Crippen LogP contribution < -0.4 is 5.32 Å². The molecule has 1 saturated heterocycles. The average Bonchev–Trinajstić information content (AvgIpc) is 2.88. The van der Waals surface area contributed by atoms with Gasteiger partial charge in [0.1, 0.15) is 5.01 Å². The highest BCUT2D eigenvalue weighted by molar-refractivity contribution is 7.15. The lowest BCUT2D eigenvalue weighted by Gasteiger charge is -2.32. The quantitative estimate of drug-likeness (QED) is 0.928. The van der Waals surface area contributed by atoms with Crippen LogP contribution in [-0.2, 0) is 4.74 Å². The molecule has 6 nitrogen and oxygen atoms in total. The van der Waals surface area contributed by atoms with Gasteiger partial charge in [-0.1, -0.05) is 25.2 Å². The molecule has 2 amide bonds. The van der Waals surface area contributed by atoms with Crippen molar-refractivity contribution in [1.29, 1.82) is 0 Å². The molecule has 1 aliphatic rings. The average molecular weight is 298 g/mol. The highest BCUT2D eigenvalue weighted by atomic mass is 32.1. The van der Waals surface area contributed by atoms with E-state index in [9.17, 15) is 4.79 Å². The molecular formula is C13H22N4O2S. The molecule has 2 rings (SSSR count). The SMILES string of the molecule is CCOC1CCCN(C(=O)Nc2nnc(C(C)C)s2)C1. The van der Waals surface area contributed by atoms with Crippen molar-refractivity contribution in [3.63, 3.8) is 0 Å². The number of likely N-dealkylation sites (tertiary alicyclic amines) is 1. The molecule has 0 aliphatic carbocycles. The second kappa shape index (κ2) is 6.99. The smallest absolute Gasteiger partial charge is 0.323 e. The number of carbonyl (C=O) groups excluding carboxylic acids is 1. The predicted molar refractivity (Wildman–Crippen MR) is 79.2 cm³/mol. The predicted octanol–water partition coefficient (Wildman–Crippen LogP) is 2.69. The highest BCUT2D eigenvalue weighted by Crippen LogP contribution is 2.23. The Kier molecular flexibility index (Phi) is 5.31. The Morgan fingerprint density at radius 2 is 2.35 bits per heavy atom. The number of anilines is 1. The van der Waals surface area contributed by atoms with Gasteiger partial charge in [0.05, 0.1) is 6.10 Å². The van der Waals surface area contributed by atoms with Crippen molar-refractivity contribution in [2.75, 3.05) is 25.0 Å². The third kappa shape index (κ3) is 3.89. The molecule has 1 aromatic heterocycles. The Morgan fingerprint density at radius 3 is 3.00 bits per heavy atom. The van der Waals surface area contributed by atoms with Crippen molar-refractivity contribution >= 4 is 22.5 Å². The van der Waals surface area contributed by atoms with Crippen molar-refractivity contribution in [3.8, 4) is 0 Å². The first-order valence-corrected chi connectivity index (χ1v) is 7.92. The minimum atomic E-state index is -0.110. The van der Waals surface area contributed by atoms with Gasteiger partial charge in [-0.2, -0.15) is 0 Å². The Balaban J connectivity index is 1.90. The lowest BCUT2D eigenvalue weighted by atomic mass is 10.1. The molecule has 7 heteroatoms. The van der Waals surface area contributed by atoms with Gasteiger partial charge in [-0.15, -0.1) is 10.2 Å². The first-order chi connectivity index (χ1) is 9.60. The van der Waals surface area contributed by atoms with Crippen molar-refractivity contribution in [2.24, 2.45) is 0 Å². The van der Waals surface area contributed by atoms with Crippen LogP contribution in [0.15, 0.2) is 0 Å². The number of nitrogens with zero attached hydrogens (tertiary/aromatic N) is 3. The minimum absolute atomic E-state index is 0.110. The zero-order valence-electron chi connectivity index (χ0n) is 12.3. The Morgan fingerprint density at radius 1 is 1.55 bits per heavy atom. The molecule has 1 aromatic rings. The first kappa shape index (κ1) is 15.2. The summed E-state index contributed by atoms with van der Waals surface area (Å²) >= 11 is 1.43. The number of hydrogen-bond donors (Lipinski definition) is 1. The van der Waals surface area contributed by atoms with Gasteiger partial charge >= 0.3 is 6.03 Å². The maximum Gasteiger partial charge on any atom is 0.323 e. The van der Waals surface area contributed by atoms with Gasteiger partial charge in [0, 0.05) is 25.6 Å². The zero-order chi connectivity index (χ0) is 14.5. The molecule has 1 N–H and O–H groups in total. The lowest BCUT2D eigenvalue weighted by molar-refractivity contribution is 0.0181. The van der Waals surface area contributed by atoms with Crippen molar-refractivity contribution in [2.45, 2.75) is 45.6 Å². The Labute approximate surface area is 123 Å². The van der Waals surface area contributed by atoms with Crippen LogP contribution >= 0.6 is 11.3 Å². The Hall–Kier alpha value is -1.21. The number of ether oxygens (including phenoxy) is 1. The fourth-order valence-corrected chi connectivity index (χ4v) is 2.92. The number of urea groups is 1. The summed E-state index contributed by atoms with van der Waals surface area (Å²) in [5, 5.41) is 12.4. The first-order valence-electron chi connectivity index (χ1n) is 7.11. The highest BCUT2D eigenvalue weighted by Gasteiger charge is 2.24. The molecule has 0 bridgehead atoms. The van der Waals surface area contributed by atoms with Crippen LogP contribution in [0.3, 0.4) is 0 Å². The number of aromatic nitrogens is 2. The molecule has 1 unspecified atom stereocenters. The molecule has 0 aromatic carbocycles. The molecule has 1 fully saturated rings. The van der Waals surface area contributed by atoms with Gasteiger partial charge in [-0.3, -0.25) is 5.32 Å². The third-order valence-corrected chi connectivity index (χ3v) is 4.36. The fraction of sp³-hybridized carbons (Fsp3) is 0.769. The maximum absolute atomic E-state index is 12.2.